The van der Waals surface area contributed by atoms with Crippen molar-refractivity contribution in [2.24, 2.45) is 0 Å². The Bertz CT molecular complexity index is 375. The second-order valence-corrected chi connectivity index (χ2v) is 4.70. The van der Waals surface area contributed by atoms with E-state index in [1.54, 1.807) is 18.2 Å². The smallest absolute Gasteiger partial charge is 0.128 e. The van der Waals surface area contributed by atoms with Crippen LogP contribution in [0.3, 0.4) is 0 Å². The van der Waals surface area contributed by atoms with Crippen molar-refractivity contribution in [2.75, 3.05) is 33.9 Å². The molecule has 0 radical (unpaired) electrons. The van der Waals surface area contributed by atoms with E-state index in [0.717, 1.165) is 0 Å². The number of likely N-dealkylation sites (N-methyl/N-ethyl adjacent to an activating group) is 1. The predicted molar refractivity (Wildman–Crippen MR) is 71.4 cm³/mol. The Kier molecular flexibility index (Phi) is 6.94. The second-order valence-electron chi connectivity index (χ2n) is 4.70. The van der Waals surface area contributed by atoms with Crippen LogP contribution in [-0.2, 0) is 4.74 Å². The van der Waals surface area contributed by atoms with Gasteiger partial charge in [-0.2, -0.15) is 0 Å². The molecule has 5 heteroatoms. The number of hydrogen-bond acceptors (Lipinski definition) is 4. The molecule has 0 saturated heterocycles. The fourth-order valence-electron chi connectivity index (χ4n) is 1.94. The van der Waals surface area contributed by atoms with E-state index in [2.05, 4.69) is 0 Å². The van der Waals surface area contributed by atoms with Gasteiger partial charge in [0.25, 0.3) is 0 Å². The highest BCUT2D eigenvalue weighted by Gasteiger charge is 2.14. The molecule has 2 atom stereocenters. The number of rotatable bonds is 8. The summed E-state index contributed by atoms with van der Waals surface area (Å²) in [6, 6.07) is 6.22. The van der Waals surface area contributed by atoms with Crippen molar-refractivity contribution < 1.29 is 19.3 Å². The minimum atomic E-state index is -0.830. The molecule has 0 aromatic heterocycles. The Labute approximate surface area is 113 Å². The zero-order valence-electron chi connectivity index (χ0n) is 11.4. The number of aliphatic hydroxyl groups is 2. The molecule has 0 spiro atoms. The van der Waals surface area contributed by atoms with Gasteiger partial charge in [-0.3, -0.25) is 0 Å². The minimum absolute atomic E-state index is 0.278. The average molecular weight is 271 g/mol. The lowest BCUT2D eigenvalue weighted by Gasteiger charge is -2.21. The van der Waals surface area contributed by atoms with Crippen molar-refractivity contribution in [3.05, 3.63) is 35.6 Å². The van der Waals surface area contributed by atoms with Crippen LogP contribution in [0.4, 0.5) is 4.39 Å². The first-order chi connectivity index (χ1) is 9.04. The number of ether oxygens (including phenoxy) is 1. The number of benzene rings is 1. The van der Waals surface area contributed by atoms with E-state index in [-0.39, 0.29) is 6.61 Å². The lowest BCUT2D eigenvalue weighted by atomic mass is 10.1. The van der Waals surface area contributed by atoms with E-state index < -0.39 is 18.0 Å². The Morgan fingerprint density at radius 1 is 1.32 bits per heavy atom. The molecule has 2 unspecified atom stereocenters. The first kappa shape index (κ1) is 16.0. The first-order valence-electron chi connectivity index (χ1n) is 6.32. The van der Waals surface area contributed by atoms with Crippen molar-refractivity contribution in [2.45, 2.75) is 18.6 Å². The number of hydrogen-bond donors (Lipinski definition) is 2. The Morgan fingerprint density at radius 2 is 2.00 bits per heavy atom. The summed E-state index contributed by atoms with van der Waals surface area (Å²) in [5, 5.41) is 19.5. The maximum absolute atomic E-state index is 13.4. The number of halogens is 1. The largest absolute Gasteiger partial charge is 0.389 e. The topological polar surface area (TPSA) is 52.9 Å². The molecule has 1 aromatic carbocycles. The molecular weight excluding hydrogens is 249 g/mol. The highest BCUT2D eigenvalue weighted by atomic mass is 19.1. The van der Waals surface area contributed by atoms with Gasteiger partial charge in [-0.05, 0) is 19.5 Å². The molecule has 0 aliphatic rings. The molecule has 108 valence electrons. The van der Waals surface area contributed by atoms with Crippen LogP contribution >= 0.6 is 0 Å². The summed E-state index contributed by atoms with van der Waals surface area (Å²) in [5.74, 6) is -0.392. The zero-order chi connectivity index (χ0) is 14.3. The third-order valence-electron chi connectivity index (χ3n) is 2.93. The molecule has 1 rings (SSSR count). The van der Waals surface area contributed by atoms with E-state index in [9.17, 15) is 14.6 Å². The summed E-state index contributed by atoms with van der Waals surface area (Å²) in [6.45, 7) is 1.30. The summed E-state index contributed by atoms with van der Waals surface area (Å²) in [7, 11) is 3.37. The average Bonchev–Trinajstić information content (AvgIpc) is 2.36. The Morgan fingerprint density at radius 3 is 2.63 bits per heavy atom. The van der Waals surface area contributed by atoms with Gasteiger partial charge in [-0.1, -0.05) is 18.2 Å². The molecule has 0 aliphatic carbocycles. The fourth-order valence-corrected chi connectivity index (χ4v) is 1.94. The zero-order valence-corrected chi connectivity index (χ0v) is 11.4. The van der Waals surface area contributed by atoms with Crippen LogP contribution < -0.4 is 0 Å². The maximum atomic E-state index is 13.4. The molecule has 2 N–H and O–H groups in total. The molecule has 0 saturated carbocycles. The Balaban J connectivity index is 2.38. The van der Waals surface area contributed by atoms with Crippen LogP contribution in [0.25, 0.3) is 0 Å². The third kappa shape index (κ3) is 5.65. The van der Waals surface area contributed by atoms with Gasteiger partial charge in [0.15, 0.2) is 0 Å². The van der Waals surface area contributed by atoms with Gasteiger partial charge in [0, 0.05) is 25.8 Å². The van der Waals surface area contributed by atoms with Gasteiger partial charge in [0.2, 0.25) is 0 Å². The van der Waals surface area contributed by atoms with Crippen LogP contribution in [0.2, 0.25) is 0 Å². The van der Waals surface area contributed by atoms with Gasteiger partial charge in [0.05, 0.1) is 18.8 Å². The molecule has 0 bridgehead atoms. The summed E-state index contributed by atoms with van der Waals surface area (Å²) in [6.07, 6.45) is -0.972. The molecule has 1 aromatic rings. The summed E-state index contributed by atoms with van der Waals surface area (Å²) in [5.41, 5.74) is 0.313. The quantitative estimate of drug-likeness (QED) is 0.745. The van der Waals surface area contributed by atoms with Gasteiger partial charge in [0.1, 0.15) is 5.82 Å². The molecule has 0 amide bonds. The number of nitrogens with zero attached hydrogens (tertiary/aromatic N) is 1. The van der Waals surface area contributed by atoms with Crippen LogP contribution in [-0.4, -0.2) is 55.1 Å². The summed E-state index contributed by atoms with van der Waals surface area (Å²) < 4.78 is 18.3. The highest BCUT2D eigenvalue weighted by molar-refractivity contribution is 5.19. The van der Waals surface area contributed by atoms with Gasteiger partial charge in [-0.15, -0.1) is 0 Å². The van der Waals surface area contributed by atoms with Crippen LogP contribution in [0.15, 0.2) is 24.3 Å². The number of methoxy groups -OCH3 is 1. The van der Waals surface area contributed by atoms with E-state index in [1.807, 2.05) is 11.9 Å². The van der Waals surface area contributed by atoms with Crippen molar-refractivity contribution in [1.29, 1.82) is 0 Å². The second kappa shape index (κ2) is 8.22. The summed E-state index contributed by atoms with van der Waals surface area (Å²) in [4.78, 5) is 1.88. The van der Waals surface area contributed by atoms with E-state index in [4.69, 9.17) is 4.74 Å². The predicted octanol–water partition coefficient (Wildman–Crippen LogP) is 1.19. The molecule has 0 aliphatic heterocycles. The van der Waals surface area contributed by atoms with E-state index >= 15 is 0 Å². The molecule has 4 nitrogen and oxygen atoms in total. The summed E-state index contributed by atoms with van der Waals surface area (Å²) >= 11 is 0. The number of aliphatic hydroxyl groups excluding tert-OH is 2. The normalized spacial score (nSPS) is 14.6. The lowest BCUT2D eigenvalue weighted by molar-refractivity contribution is 0.0397. The SMILES string of the molecule is COCC(O)CN(C)CCC(O)c1ccccc1F. The highest BCUT2D eigenvalue weighted by Crippen LogP contribution is 2.19. The van der Waals surface area contributed by atoms with Crippen molar-refractivity contribution in [1.82, 2.24) is 4.90 Å². The van der Waals surface area contributed by atoms with Crippen molar-refractivity contribution in [3.8, 4) is 0 Å². The molecule has 0 fully saturated rings. The third-order valence-corrected chi connectivity index (χ3v) is 2.93. The van der Waals surface area contributed by atoms with Crippen molar-refractivity contribution in [3.63, 3.8) is 0 Å². The van der Waals surface area contributed by atoms with Gasteiger partial charge < -0.3 is 19.8 Å². The van der Waals surface area contributed by atoms with E-state index in [1.165, 1.54) is 13.2 Å². The van der Waals surface area contributed by atoms with Gasteiger partial charge >= 0.3 is 0 Å². The van der Waals surface area contributed by atoms with Gasteiger partial charge in [-0.25, -0.2) is 4.39 Å². The monoisotopic (exact) mass is 271 g/mol. The molecule has 0 heterocycles. The standard InChI is InChI=1S/C14H22FNO3/c1-16(9-11(17)10-19-2)8-7-14(18)12-5-3-4-6-13(12)15/h3-6,11,14,17-18H,7-10H2,1-2H3. The van der Waals surface area contributed by atoms with Crippen LogP contribution in [0.1, 0.15) is 18.1 Å². The fraction of sp³-hybridized carbons (Fsp3) is 0.571. The lowest BCUT2D eigenvalue weighted by Crippen LogP contribution is -2.33. The van der Waals surface area contributed by atoms with Crippen LogP contribution in [0, 0.1) is 5.82 Å². The minimum Gasteiger partial charge on any atom is -0.389 e. The van der Waals surface area contributed by atoms with Crippen molar-refractivity contribution >= 4 is 0 Å². The first-order valence-corrected chi connectivity index (χ1v) is 6.32. The van der Waals surface area contributed by atoms with Crippen LogP contribution in [0.5, 0.6) is 0 Å². The Hall–Kier alpha value is -1.01. The maximum Gasteiger partial charge on any atom is 0.128 e. The van der Waals surface area contributed by atoms with E-state index in [0.29, 0.717) is 25.1 Å². The molecule has 19 heavy (non-hydrogen) atoms. The molecular formula is C14H22FNO3.